The Labute approximate surface area is 95.0 Å². The van der Waals surface area contributed by atoms with Crippen molar-refractivity contribution in [2.24, 2.45) is 0 Å². The molecule has 15 heavy (non-hydrogen) atoms. The quantitative estimate of drug-likeness (QED) is 0.600. The van der Waals surface area contributed by atoms with Crippen LogP contribution >= 0.6 is 11.6 Å². The highest BCUT2D eigenvalue weighted by Gasteiger charge is 2.00. The summed E-state index contributed by atoms with van der Waals surface area (Å²) in [5.74, 6) is 1.51. The number of aromatic nitrogens is 2. The van der Waals surface area contributed by atoms with Crippen molar-refractivity contribution >= 4 is 17.4 Å². The fourth-order valence-corrected chi connectivity index (χ4v) is 1.31. The van der Waals surface area contributed by atoms with E-state index < -0.39 is 0 Å². The molecule has 1 N–H and O–H groups in total. The minimum atomic E-state index is 0.473. The molecule has 0 atom stereocenters. The first kappa shape index (κ1) is 12.2. The molecule has 0 saturated carbocycles. The van der Waals surface area contributed by atoms with Crippen LogP contribution in [-0.2, 0) is 11.2 Å². The van der Waals surface area contributed by atoms with Crippen LogP contribution in [0.4, 0.5) is 5.82 Å². The van der Waals surface area contributed by atoms with Crippen molar-refractivity contribution in [3.63, 3.8) is 0 Å². The van der Waals surface area contributed by atoms with E-state index in [-0.39, 0.29) is 0 Å². The van der Waals surface area contributed by atoms with Gasteiger partial charge in [-0.1, -0.05) is 18.5 Å². The molecule has 0 unspecified atom stereocenters. The summed E-state index contributed by atoms with van der Waals surface area (Å²) in [6, 6.07) is 1.71. The number of anilines is 1. The number of nitrogens with zero attached hydrogens (tertiary/aromatic N) is 2. The smallest absolute Gasteiger partial charge is 0.134 e. The summed E-state index contributed by atoms with van der Waals surface area (Å²) in [6.07, 6.45) is 0.778. The zero-order chi connectivity index (χ0) is 11.1. The Hall–Kier alpha value is -0.870. The summed E-state index contributed by atoms with van der Waals surface area (Å²) in [5.41, 5.74) is 0. The van der Waals surface area contributed by atoms with Crippen LogP contribution in [0.1, 0.15) is 19.7 Å². The second kappa shape index (κ2) is 6.58. The summed E-state index contributed by atoms with van der Waals surface area (Å²) in [5, 5.41) is 3.61. The van der Waals surface area contributed by atoms with Crippen molar-refractivity contribution in [1.29, 1.82) is 0 Å². The van der Waals surface area contributed by atoms with Crippen LogP contribution in [0.2, 0.25) is 5.15 Å². The van der Waals surface area contributed by atoms with Gasteiger partial charge in [0.25, 0.3) is 0 Å². The van der Waals surface area contributed by atoms with Gasteiger partial charge >= 0.3 is 0 Å². The van der Waals surface area contributed by atoms with Gasteiger partial charge in [0.15, 0.2) is 0 Å². The average molecular weight is 230 g/mol. The molecule has 5 heteroatoms. The van der Waals surface area contributed by atoms with E-state index in [1.807, 2.05) is 13.8 Å². The maximum absolute atomic E-state index is 5.85. The molecular formula is C10H16ClN3O. The van der Waals surface area contributed by atoms with Crippen molar-refractivity contribution in [2.45, 2.75) is 20.3 Å². The van der Waals surface area contributed by atoms with E-state index in [0.29, 0.717) is 11.8 Å². The van der Waals surface area contributed by atoms with Gasteiger partial charge in [0.2, 0.25) is 0 Å². The maximum Gasteiger partial charge on any atom is 0.134 e. The Morgan fingerprint density at radius 3 is 2.87 bits per heavy atom. The molecule has 1 rings (SSSR count). The topological polar surface area (TPSA) is 47.0 Å². The molecule has 0 amide bonds. The lowest BCUT2D eigenvalue weighted by molar-refractivity contribution is 0.158. The predicted octanol–water partition coefficient (Wildman–Crippen LogP) is 2.14. The minimum absolute atomic E-state index is 0.473. The number of rotatable bonds is 6. The van der Waals surface area contributed by atoms with E-state index >= 15 is 0 Å². The first-order valence-corrected chi connectivity index (χ1v) is 5.49. The van der Waals surface area contributed by atoms with E-state index in [2.05, 4.69) is 15.3 Å². The highest BCUT2D eigenvalue weighted by Crippen LogP contribution is 2.11. The summed E-state index contributed by atoms with van der Waals surface area (Å²) < 4.78 is 5.20. The Morgan fingerprint density at radius 1 is 1.40 bits per heavy atom. The summed E-state index contributed by atoms with van der Waals surface area (Å²) in [7, 11) is 0. The highest BCUT2D eigenvalue weighted by molar-refractivity contribution is 6.29. The molecule has 1 aromatic rings. The molecule has 4 nitrogen and oxygen atoms in total. The van der Waals surface area contributed by atoms with Crippen molar-refractivity contribution in [3.8, 4) is 0 Å². The molecule has 1 heterocycles. The number of hydrogen-bond acceptors (Lipinski definition) is 4. The summed E-state index contributed by atoms with van der Waals surface area (Å²) in [6.45, 7) is 6.09. The summed E-state index contributed by atoms with van der Waals surface area (Å²) >= 11 is 5.85. The van der Waals surface area contributed by atoms with Crippen LogP contribution in [0.15, 0.2) is 6.07 Å². The maximum atomic E-state index is 5.85. The zero-order valence-corrected chi connectivity index (χ0v) is 9.84. The van der Waals surface area contributed by atoms with Crippen molar-refractivity contribution in [2.75, 3.05) is 25.1 Å². The molecule has 0 aliphatic rings. The van der Waals surface area contributed by atoms with Crippen LogP contribution < -0.4 is 5.32 Å². The van der Waals surface area contributed by atoms with E-state index in [1.165, 1.54) is 0 Å². The average Bonchev–Trinajstić information content (AvgIpc) is 2.23. The van der Waals surface area contributed by atoms with Crippen LogP contribution in [0, 0.1) is 0 Å². The fourth-order valence-electron chi connectivity index (χ4n) is 1.11. The molecule has 0 spiro atoms. The van der Waals surface area contributed by atoms with Crippen LogP contribution in [-0.4, -0.2) is 29.7 Å². The largest absolute Gasteiger partial charge is 0.380 e. The molecule has 0 bridgehead atoms. The zero-order valence-electron chi connectivity index (χ0n) is 9.09. The van der Waals surface area contributed by atoms with Gasteiger partial charge in [-0.15, -0.1) is 0 Å². The van der Waals surface area contributed by atoms with Crippen LogP contribution in [0.5, 0.6) is 0 Å². The number of halogens is 1. The molecule has 0 fully saturated rings. The van der Waals surface area contributed by atoms with E-state index in [9.17, 15) is 0 Å². The highest BCUT2D eigenvalue weighted by atomic mass is 35.5. The molecule has 0 aliphatic heterocycles. The molecule has 84 valence electrons. The molecule has 0 aliphatic carbocycles. The second-order valence-electron chi connectivity index (χ2n) is 2.97. The third-order valence-electron chi connectivity index (χ3n) is 1.81. The molecule has 1 aromatic heterocycles. The first-order valence-electron chi connectivity index (χ1n) is 5.11. The SMILES string of the molecule is CCOCCNc1cc(Cl)nc(CC)n1. The number of nitrogens with one attached hydrogen (secondary N) is 1. The lowest BCUT2D eigenvalue weighted by atomic mass is 10.4. The van der Waals surface area contributed by atoms with Gasteiger partial charge in [-0.25, -0.2) is 9.97 Å². The first-order chi connectivity index (χ1) is 7.26. The molecule has 0 saturated heterocycles. The Morgan fingerprint density at radius 2 is 2.20 bits per heavy atom. The minimum Gasteiger partial charge on any atom is -0.380 e. The van der Waals surface area contributed by atoms with Gasteiger partial charge in [-0.2, -0.15) is 0 Å². The van der Waals surface area contributed by atoms with Gasteiger partial charge in [0, 0.05) is 25.6 Å². The number of aryl methyl sites for hydroxylation is 1. The number of hydrogen-bond donors (Lipinski definition) is 1. The normalized spacial score (nSPS) is 10.3. The van der Waals surface area contributed by atoms with Crippen molar-refractivity contribution < 1.29 is 4.74 Å². The third-order valence-corrected chi connectivity index (χ3v) is 2.01. The number of ether oxygens (including phenoxy) is 1. The van der Waals surface area contributed by atoms with Crippen LogP contribution in [0.3, 0.4) is 0 Å². The Bertz CT molecular complexity index is 307. The third kappa shape index (κ3) is 4.44. The van der Waals surface area contributed by atoms with E-state index in [0.717, 1.165) is 31.2 Å². The molecule has 0 radical (unpaired) electrons. The second-order valence-corrected chi connectivity index (χ2v) is 3.36. The monoisotopic (exact) mass is 229 g/mol. The van der Waals surface area contributed by atoms with Crippen molar-refractivity contribution in [3.05, 3.63) is 17.0 Å². The van der Waals surface area contributed by atoms with E-state index in [1.54, 1.807) is 6.07 Å². The lowest BCUT2D eigenvalue weighted by Crippen LogP contribution is -2.11. The fraction of sp³-hybridized carbons (Fsp3) is 0.600. The molecule has 0 aromatic carbocycles. The van der Waals surface area contributed by atoms with Gasteiger partial charge < -0.3 is 10.1 Å². The lowest BCUT2D eigenvalue weighted by Gasteiger charge is -2.06. The van der Waals surface area contributed by atoms with Crippen molar-refractivity contribution in [1.82, 2.24) is 9.97 Å². The van der Waals surface area contributed by atoms with Gasteiger partial charge in [0.05, 0.1) is 6.61 Å². The standard InChI is InChI=1S/C10H16ClN3O/c1-3-9-13-8(11)7-10(14-9)12-5-6-15-4-2/h7H,3-6H2,1-2H3,(H,12,13,14). The van der Waals surface area contributed by atoms with Gasteiger partial charge in [-0.3, -0.25) is 0 Å². The van der Waals surface area contributed by atoms with Crippen LogP contribution in [0.25, 0.3) is 0 Å². The van der Waals surface area contributed by atoms with Gasteiger partial charge in [0.1, 0.15) is 16.8 Å². The van der Waals surface area contributed by atoms with E-state index in [4.69, 9.17) is 16.3 Å². The van der Waals surface area contributed by atoms with Gasteiger partial charge in [-0.05, 0) is 6.92 Å². The Kier molecular flexibility index (Phi) is 5.36. The Balaban J connectivity index is 2.49. The molecular weight excluding hydrogens is 214 g/mol. The predicted molar refractivity (Wildman–Crippen MR) is 61.4 cm³/mol. The summed E-state index contributed by atoms with van der Waals surface area (Å²) in [4.78, 5) is 8.37.